The van der Waals surface area contributed by atoms with E-state index >= 15 is 0 Å². The number of nitrogens with one attached hydrogen (secondary N) is 3. The number of nitrogens with two attached hydrogens (primary N) is 1. The maximum atomic E-state index is 12.1. The van der Waals surface area contributed by atoms with Crippen LogP contribution in [0.25, 0.3) is 0 Å². The number of hydrogen-bond donors (Lipinski definition) is 4. The fraction of sp³-hybridized carbons (Fsp3) is 0.150. The van der Waals surface area contributed by atoms with E-state index < -0.39 is 0 Å². The summed E-state index contributed by atoms with van der Waals surface area (Å²) >= 11 is 0. The molecule has 0 saturated heterocycles. The molecule has 0 saturated carbocycles. The normalized spacial score (nSPS) is 10.3. The highest BCUT2D eigenvalue weighted by Crippen LogP contribution is 2.27. The lowest BCUT2D eigenvalue weighted by atomic mass is 10.1. The first-order chi connectivity index (χ1) is 13.0. The van der Waals surface area contributed by atoms with Gasteiger partial charge < -0.3 is 11.1 Å². The molecule has 5 N–H and O–H groups in total. The summed E-state index contributed by atoms with van der Waals surface area (Å²) in [5.74, 6) is 0.610. The molecular formula is C20H22N6O. The zero-order chi connectivity index (χ0) is 19.2. The standard InChI is InChI=1S/C20H22N6O/c1-13-8-9-16(14(2)10-13)24-19-18(21)20(23-12-22-19)26-25-17(27)11-15-6-4-3-5-7-15/h3-10,12H,11,21H2,1-2H3,(H,25,27)(H2,22,23,24,26). The van der Waals surface area contributed by atoms with Gasteiger partial charge in [-0.3, -0.25) is 15.6 Å². The summed E-state index contributed by atoms with van der Waals surface area (Å²) in [4.78, 5) is 20.4. The first-order valence-corrected chi connectivity index (χ1v) is 8.56. The number of hydrazine groups is 1. The number of benzene rings is 2. The Balaban J connectivity index is 1.66. The molecule has 3 rings (SSSR count). The van der Waals surface area contributed by atoms with Crippen molar-refractivity contribution in [3.05, 3.63) is 71.5 Å². The fourth-order valence-corrected chi connectivity index (χ4v) is 2.63. The van der Waals surface area contributed by atoms with Gasteiger partial charge >= 0.3 is 0 Å². The van der Waals surface area contributed by atoms with Gasteiger partial charge in [-0.2, -0.15) is 0 Å². The lowest BCUT2D eigenvalue weighted by molar-refractivity contribution is -0.119. The average Bonchev–Trinajstić information content (AvgIpc) is 2.65. The molecule has 138 valence electrons. The number of aryl methyl sites for hydroxylation is 2. The second-order valence-corrected chi connectivity index (χ2v) is 6.26. The fourth-order valence-electron chi connectivity index (χ4n) is 2.63. The highest BCUT2D eigenvalue weighted by Gasteiger charge is 2.10. The molecule has 0 radical (unpaired) electrons. The van der Waals surface area contributed by atoms with Gasteiger partial charge in [-0.05, 0) is 31.0 Å². The van der Waals surface area contributed by atoms with Crippen molar-refractivity contribution in [1.82, 2.24) is 15.4 Å². The van der Waals surface area contributed by atoms with Crippen molar-refractivity contribution in [1.29, 1.82) is 0 Å². The van der Waals surface area contributed by atoms with Crippen LogP contribution in [0.2, 0.25) is 0 Å². The zero-order valence-corrected chi connectivity index (χ0v) is 15.3. The minimum Gasteiger partial charge on any atom is -0.393 e. The molecule has 1 amide bonds. The molecular weight excluding hydrogens is 340 g/mol. The van der Waals surface area contributed by atoms with E-state index in [1.54, 1.807) is 0 Å². The Bertz CT molecular complexity index is 942. The smallest absolute Gasteiger partial charge is 0.242 e. The minimum absolute atomic E-state index is 0.192. The molecule has 0 spiro atoms. The number of carbonyl (C=O) groups is 1. The molecule has 0 aliphatic carbocycles. The van der Waals surface area contributed by atoms with Crippen molar-refractivity contribution < 1.29 is 4.79 Å². The number of hydrogen-bond acceptors (Lipinski definition) is 6. The second-order valence-electron chi connectivity index (χ2n) is 6.26. The van der Waals surface area contributed by atoms with Crippen molar-refractivity contribution in [3.8, 4) is 0 Å². The number of carbonyl (C=O) groups excluding carboxylic acids is 1. The van der Waals surface area contributed by atoms with E-state index in [1.165, 1.54) is 11.9 Å². The quantitative estimate of drug-likeness (QED) is 0.502. The van der Waals surface area contributed by atoms with Crippen LogP contribution in [0.5, 0.6) is 0 Å². The predicted molar refractivity (Wildman–Crippen MR) is 108 cm³/mol. The molecule has 7 nitrogen and oxygen atoms in total. The SMILES string of the molecule is Cc1ccc(Nc2ncnc(NNC(=O)Cc3ccccc3)c2N)c(C)c1. The predicted octanol–water partition coefficient (Wildman–Crippen LogP) is 3.11. The maximum Gasteiger partial charge on any atom is 0.242 e. The minimum atomic E-state index is -0.192. The van der Waals surface area contributed by atoms with Crippen LogP contribution >= 0.6 is 0 Å². The summed E-state index contributed by atoms with van der Waals surface area (Å²) in [5.41, 5.74) is 15.9. The molecule has 1 aromatic heterocycles. The van der Waals surface area contributed by atoms with Crippen molar-refractivity contribution in [2.45, 2.75) is 20.3 Å². The Morgan fingerprint density at radius 3 is 2.52 bits per heavy atom. The molecule has 3 aromatic rings. The van der Waals surface area contributed by atoms with Crippen LogP contribution in [0, 0.1) is 13.8 Å². The highest BCUT2D eigenvalue weighted by atomic mass is 16.2. The molecule has 0 unspecified atom stereocenters. The van der Waals surface area contributed by atoms with E-state index in [2.05, 4.69) is 32.2 Å². The molecule has 0 aliphatic heterocycles. The van der Waals surface area contributed by atoms with Gasteiger partial charge in [-0.15, -0.1) is 0 Å². The van der Waals surface area contributed by atoms with Gasteiger partial charge in [0.05, 0.1) is 6.42 Å². The van der Waals surface area contributed by atoms with E-state index in [1.807, 2.05) is 56.3 Å². The number of rotatable bonds is 6. The molecule has 0 atom stereocenters. The zero-order valence-electron chi connectivity index (χ0n) is 15.3. The number of anilines is 4. The molecule has 7 heteroatoms. The number of nitrogens with zero attached hydrogens (tertiary/aromatic N) is 2. The van der Waals surface area contributed by atoms with Crippen molar-refractivity contribution in [2.75, 3.05) is 16.5 Å². The van der Waals surface area contributed by atoms with Gasteiger partial charge in [0.1, 0.15) is 12.0 Å². The van der Waals surface area contributed by atoms with E-state index in [4.69, 9.17) is 5.73 Å². The third kappa shape index (κ3) is 4.72. The van der Waals surface area contributed by atoms with Crippen molar-refractivity contribution in [2.24, 2.45) is 0 Å². The van der Waals surface area contributed by atoms with Gasteiger partial charge in [0.15, 0.2) is 11.6 Å². The van der Waals surface area contributed by atoms with Crippen LogP contribution in [0.1, 0.15) is 16.7 Å². The number of nitrogen functional groups attached to an aromatic ring is 1. The van der Waals surface area contributed by atoms with Crippen LogP contribution in [0.3, 0.4) is 0 Å². The van der Waals surface area contributed by atoms with Gasteiger partial charge in [-0.1, -0.05) is 48.0 Å². The van der Waals surface area contributed by atoms with Gasteiger partial charge in [0.2, 0.25) is 5.91 Å². The Labute approximate surface area is 158 Å². The third-order valence-electron chi connectivity index (χ3n) is 4.05. The van der Waals surface area contributed by atoms with Crippen LogP contribution in [-0.4, -0.2) is 15.9 Å². The maximum absolute atomic E-state index is 12.1. The van der Waals surface area contributed by atoms with Crippen LogP contribution in [-0.2, 0) is 11.2 Å². The van der Waals surface area contributed by atoms with Crippen LogP contribution in [0.15, 0.2) is 54.9 Å². The molecule has 0 fully saturated rings. The Morgan fingerprint density at radius 1 is 1.04 bits per heavy atom. The monoisotopic (exact) mass is 362 g/mol. The third-order valence-corrected chi connectivity index (χ3v) is 4.05. The topological polar surface area (TPSA) is 105 Å². The number of amides is 1. The molecule has 1 heterocycles. The van der Waals surface area contributed by atoms with E-state index in [9.17, 15) is 4.79 Å². The molecule has 0 aliphatic rings. The van der Waals surface area contributed by atoms with Crippen molar-refractivity contribution in [3.63, 3.8) is 0 Å². The summed E-state index contributed by atoms with van der Waals surface area (Å²) in [6, 6.07) is 15.5. The average molecular weight is 362 g/mol. The Morgan fingerprint density at radius 2 is 1.78 bits per heavy atom. The summed E-state index contributed by atoms with van der Waals surface area (Å²) in [6.45, 7) is 4.05. The molecule has 27 heavy (non-hydrogen) atoms. The van der Waals surface area contributed by atoms with E-state index in [0.29, 0.717) is 17.3 Å². The molecule has 0 bridgehead atoms. The highest BCUT2D eigenvalue weighted by molar-refractivity contribution is 5.82. The summed E-state index contributed by atoms with van der Waals surface area (Å²) in [6.07, 6.45) is 1.64. The van der Waals surface area contributed by atoms with E-state index in [0.717, 1.165) is 16.8 Å². The lowest BCUT2D eigenvalue weighted by Gasteiger charge is -2.14. The second kappa shape index (κ2) is 8.18. The number of aromatic nitrogens is 2. The first kappa shape index (κ1) is 18.2. The van der Waals surface area contributed by atoms with E-state index in [-0.39, 0.29) is 12.3 Å². The first-order valence-electron chi connectivity index (χ1n) is 8.56. The van der Waals surface area contributed by atoms with Gasteiger partial charge in [-0.25, -0.2) is 9.97 Å². The van der Waals surface area contributed by atoms with Crippen LogP contribution < -0.4 is 21.9 Å². The molecule has 2 aromatic carbocycles. The Kier molecular flexibility index (Phi) is 5.51. The van der Waals surface area contributed by atoms with Gasteiger partial charge in [0.25, 0.3) is 0 Å². The van der Waals surface area contributed by atoms with Crippen molar-refractivity contribution >= 4 is 28.9 Å². The largest absolute Gasteiger partial charge is 0.393 e. The summed E-state index contributed by atoms with van der Waals surface area (Å²) in [5, 5.41) is 3.21. The van der Waals surface area contributed by atoms with Gasteiger partial charge in [0, 0.05) is 5.69 Å². The lowest BCUT2D eigenvalue weighted by Crippen LogP contribution is -2.31. The summed E-state index contributed by atoms with van der Waals surface area (Å²) in [7, 11) is 0. The van der Waals surface area contributed by atoms with Crippen LogP contribution in [0.4, 0.5) is 23.0 Å². The Hall–Kier alpha value is -3.61. The summed E-state index contributed by atoms with van der Waals surface area (Å²) < 4.78 is 0.